The van der Waals surface area contributed by atoms with Gasteiger partial charge in [0.1, 0.15) is 5.75 Å². The fraction of sp³-hybridized carbons (Fsp3) is 0.625. The predicted octanol–water partition coefficient (Wildman–Crippen LogP) is 7.58. The maximum atomic E-state index is 6.64. The van der Waals surface area contributed by atoms with E-state index >= 15 is 0 Å². The van der Waals surface area contributed by atoms with Gasteiger partial charge in [-0.05, 0) is 116 Å². The van der Waals surface area contributed by atoms with E-state index in [1.54, 1.807) is 7.11 Å². The number of ether oxygens (including phenoxy) is 1. The first-order valence-electron chi connectivity index (χ1n) is 14.6. The predicted molar refractivity (Wildman–Crippen MR) is 160 cm³/mol. The third-order valence-electron chi connectivity index (χ3n) is 9.53. The lowest BCUT2D eigenvalue weighted by Gasteiger charge is -2.32. The molecule has 39 heavy (non-hydrogen) atoms. The van der Waals surface area contributed by atoms with E-state index < -0.39 is 0 Å². The molecule has 212 valence electrons. The molecule has 2 fully saturated rings. The molecular formula is C32H48B2O5. The average Bonchev–Trinajstić information content (AvgIpc) is 3.23. The zero-order valence-electron chi connectivity index (χ0n) is 25.6. The first-order chi connectivity index (χ1) is 18.2. The minimum Gasteiger partial charge on any atom is -0.497 e. The van der Waals surface area contributed by atoms with Crippen LogP contribution in [-0.4, -0.2) is 43.8 Å². The van der Waals surface area contributed by atoms with E-state index in [9.17, 15) is 0 Å². The molecule has 2 aliphatic heterocycles. The summed E-state index contributed by atoms with van der Waals surface area (Å²) in [6.45, 7) is 17.1. The molecule has 2 heterocycles. The molecule has 0 bridgehead atoms. The van der Waals surface area contributed by atoms with Crippen LogP contribution in [0.4, 0.5) is 0 Å². The molecule has 0 aliphatic carbocycles. The van der Waals surface area contributed by atoms with Crippen molar-refractivity contribution < 1.29 is 23.4 Å². The molecule has 0 saturated carbocycles. The number of aryl methyl sites for hydroxylation is 2. The number of benzene rings is 2. The van der Waals surface area contributed by atoms with E-state index in [1.807, 2.05) is 12.1 Å². The first-order valence-corrected chi connectivity index (χ1v) is 14.6. The summed E-state index contributed by atoms with van der Waals surface area (Å²) in [6.07, 6.45) is 4.73. The van der Waals surface area contributed by atoms with Gasteiger partial charge in [-0.1, -0.05) is 48.9 Å². The van der Waals surface area contributed by atoms with E-state index in [0.29, 0.717) is 0 Å². The maximum absolute atomic E-state index is 6.64. The number of methoxy groups -OCH3 is 1. The van der Waals surface area contributed by atoms with Crippen LogP contribution in [0.2, 0.25) is 11.6 Å². The van der Waals surface area contributed by atoms with Gasteiger partial charge >= 0.3 is 14.2 Å². The Labute approximate surface area is 237 Å². The van der Waals surface area contributed by atoms with Gasteiger partial charge in [0.2, 0.25) is 0 Å². The van der Waals surface area contributed by atoms with Crippen LogP contribution in [0.3, 0.4) is 0 Å². The Kier molecular flexibility index (Phi) is 8.97. The number of hydrogen-bond acceptors (Lipinski definition) is 5. The second-order valence-electron chi connectivity index (χ2n) is 13.4. The second-order valence-corrected chi connectivity index (χ2v) is 13.4. The Morgan fingerprint density at radius 3 is 1.36 bits per heavy atom. The van der Waals surface area contributed by atoms with E-state index in [1.165, 1.54) is 11.1 Å². The Morgan fingerprint density at radius 2 is 0.974 bits per heavy atom. The molecule has 2 aromatic rings. The molecule has 2 saturated heterocycles. The molecule has 7 heteroatoms. The molecule has 0 amide bonds. The van der Waals surface area contributed by atoms with E-state index in [2.05, 4.69) is 97.9 Å². The third-order valence-corrected chi connectivity index (χ3v) is 9.53. The van der Waals surface area contributed by atoms with E-state index in [4.69, 9.17) is 23.4 Å². The van der Waals surface area contributed by atoms with Crippen LogP contribution in [0.15, 0.2) is 54.6 Å². The molecule has 0 spiro atoms. The van der Waals surface area contributed by atoms with E-state index in [-0.39, 0.29) is 48.3 Å². The van der Waals surface area contributed by atoms with Gasteiger partial charge in [-0.3, -0.25) is 0 Å². The number of hydrogen-bond donors (Lipinski definition) is 0. The van der Waals surface area contributed by atoms with Crippen LogP contribution in [-0.2, 0) is 31.5 Å². The van der Waals surface area contributed by atoms with Gasteiger partial charge in [-0.15, -0.1) is 0 Å². The Morgan fingerprint density at radius 1 is 0.590 bits per heavy atom. The summed E-state index contributed by atoms with van der Waals surface area (Å²) in [5.41, 5.74) is 1.13. The summed E-state index contributed by atoms with van der Waals surface area (Å²) in [7, 11) is 1.15. The van der Waals surface area contributed by atoms with Gasteiger partial charge < -0.3 is 23.4 Å². The largest absolute Gasteiger partial charge is 0.497 e. The van der Waals surface area contributed by atoms with Gasteiger partial charge in [-0.2, -0.15) is 0 Å². The van der Waals surface area contributed by atoms with Crippen LogP contribution in [0.5, 0.6) is 5.75 Å². The van der Waals surface area contributed by atoms with Crippen LogP contribution in [0.25, 0.3) is 0 Å². The standard InChI is InChI=1S/C32H48B2O5/c1-29(2)30(3,4)37-33(36-29)26(19-15-24-13-11-10-12-14-24)23-27(34-38-31(5,6)32(7,8)39-34)20-16-25-17-21-28(35-9)22-18-25/h10-14,17-18,21-22,26-27H,15-16,19-20,23H2,1-9H3/t26-,27-/m0/s1. The highest BCUT2D eigenvalue weighted by atomic mass is 16.7. The molecule has 2 atom stereocenters. The topological polar surface area (TPSA) is 46.2 Å². The van der Waals surface area contributed by atoms with Gasteiger partial charge in [0, 0.05) is 0 Å². The SMILES string of the molecule is COc1ccc(CC[C@@H](C[C@H](CCc2ccccc2)B2OC(C)(C)C(C)(C)O2)B2OC(C)(C)C(C)(C)O2)cc1. The molecule has 0 radical (unpaired) electrons. The second kappa shape index (κ2) is 11.6. The molecule has 0 N–H and O–H groups in total. The third kappa shape index (κ3) is 6.93. The Balaban J connectivity index is 1.57. The zero-order chi connectivity index (χ0) is 28.5. The molecule has 4 rings (SSSR count). The summed E-state index contributed by atoms with van der Waals surface area (Å²) in [4.78, 5) is 0. The Hall–Kier alpha value is -1.79. The molecule has 5 nitrogen and oxygen atoms in total. The van der Waals surface area contributed by atoms with Crippen LogP contribution >= 0.6 is 0 Å². The molecule has 2 aliphatic rings. The first kappa shape index (κ1) is 30.2. The maximum Gasteiger partial charge on any atom is 0.461 e. The molecular weight excluding hydrogens is 486 g/mol. The summed E-state index contributed by atoms with van der Waals surface area (Å²) < 4.78 is 31.9. The van der Waals surface area contributed by atoms with Crippen molar-refractivity contribution in [1.82, 2.24) is 0 Å². The van der Waals surface area contributed by atoms with Crippen molar-refractivity contribution in [2.45, 2.75) is 122 Å². The van der Waals surface area contributed by atoms with Gasteiger partial charge in [-0.25, -0.2) is 0 Å². The Bertz CT molecular complexity index is 1040. The highest BCUT2D eigenvalue weighted by molar-refractivity contribution is 6.49. The normalized spacial score (nSPS) is 22.6. The molecule has 0 unspecified atom stereocenters. The summed E-state index contributed by atoms with van der Waals surface area (Å²) in [5.74, 6) is 1.27. The highest BCUT2D eigenvalue weighted by Gasteiger charge is 2.56. The minimum atomic E-state index is -0.375. The number of rotatable bonds is 11. The van der Waals surface area contributed by atoms with Crippen molar-refractivity contribution in [3.05, 3.63) is 65.7 Å². The monoisotopic (exact) mass is 534 g/mol. The summed E-state index contributed by atoms with van der Waals surface area (Å²) in [5, 5.41) is 0. The van der Waals surface area contributed by atoms with Crippen molar-refractivity contribution in [3.63, 3.8) is 0 Å². The lowest BCUT2D eigenvalue weighted by atomic mass is 9.57. The summed E-state index contributed by atoms with van der Waals surface area (Å²) >= 11 is 0. The fourth-order valence-electron chi connectivity index (χ4n) is 5.42. The fourth-order valence-corrected chi connectivity index (χ4v) is 5.42. The lowest BCUT2D eigenvalue weighted by molar-refractivity contribution is 0.00578. The van der Waals surface area contributed by atoms with Gasteiger partial charge in [0.25, 0.3) is 0 Å². The van der Waals surface area contributed by atoms with Crippen LogP contribution in [0.1, 0.15) is 85.8 Å². The molecule has 0 aromatic heterocycles. The van der Waals surface area contributed by atoms with Crippen molar-refractivity contribution in [3.8, 4) is 5.75 Å². The van der Waals surface area contributed by atoms with Crippen molar-refractivity contribution in [1.29, 1.82) is 0 Å². The van der Waals surface area contributed by atoms with Crippen LogP contribution < -0.4 is 4.74 Å². The summed E-state index contributed by atoms with van der Waals surface area (Å²) in [6, 6.07) is 19.1. The van der Waals surface area contributed by atoms with Crippen molar-refractivity contribution in [2.75, 3.05) is 7.11 Å². The lowest BCUT2D eigenvalue weighted by Crippen LogP contribution is -2.41. The highest BCUT2D eigenvalue weighted by Crippen LogP contribution is 2.47. The van der Waals surface area contributed by atoms with Crippen molar-refractivity contribution in [2.24, 2.45) is 0 Å². The zero-order valence-corrected chi connectivity index (χ0v) is 25.6. The van der Waals surface area contributed by atoms with Gasteiger partial charge in [0.15, 0.2) is 0 Å². The van der Waals surface area contributed by atoms with Crippen molar-refractivity contribution >= 4 is 14.2 Å². The van der Waals surface area contributed by atoms with Gasteiger partial charge in [0.05, 0.1) is 29.5 Å². The average molecular weight is 534 g/mol. The smallest absolute Gasteiger partial charge is 0.461 e. The molecule has 2 aromatic carbocycles. The van der Waals surface area contributed by atoms with Crippen LogP contribution in [0, 0.1) is 0 Å². The van der Waals surface area contributed by atoms with E-state index in [0.717, 1.165) is 37.9 Å². The quantitative estimate of drug-likeness (QED) is 0.278. The minimum absolute atomic E-state index is 0.188.